The van der Waals surface area contributed by atoms with E-state index in [1.54, 1.807) is 30.3 Å². The zero-order valence-corrected chi connectivity index (χ0v) is 13.2. The summed E-state index contributed by atoms with van der Waals surface area (Å²) in [6.45, 7) is 1.92. The number of benzene rings is 2. The van der Waals surface area contributed by atoms with E-state index in [-0.39, 0.29) is 11.9 Å². The van der Waals surface area contributed by atoms with E-state index in [2.05, 4.69) is 21.2 Å². The van der Waals surface area contributed by atoms with Crippen molar-refractivity contribution in [2.24, 2.45) is 0 Å². The summed E-state index contributed by atoms with van der Waals surface area (Å²) in [7, 11) is 0. The summed E-state index contributed by atoms with van der Waals surface area (Å²) in [5.74, 6) is -0.166. The Balaban J connectivity index is 2.12. The molecule has 2 aromatic carbocycles. The number of nitrogens with two attached hydrogens (primary N) is 1. The summed E-state index contributed by atoms with van der Waals surface area (Å²) in [4.78, 5) is 12.2. The van der Waals surface area contributed by atoms with Crippen molar-refractivity contribution in [3.63, 3.8) is 0 Å². The Hall–Kier alpha value is -1.52. The van der Waals surface area contributed by atoms with E-state index in [0.29, 0.717) is 16.3 Å². The maximum atomic E-state index is 12.2. The molecular weight excluding hydrogens is 340 g/mol. The molecule has 1 atom stereocenters. The Labute approximate surface area is 131 Å². The lowest BCUT2D eigenvalue weighted by Gasteiger charge is -2.15. The number of carbonyl (C=O) groups is 1. The number of amides is 1. The van der Waals surface area contributed by atoms with Gasteiger partial charge in [-0.1, -0.05) is 39.7 Å². The highest BCUT2D eigenvalue weighted by atomic mass is 79.9. The molecule has 0 aliphatic rings. The third-order valence-corrected chi connectivity index (χ3v) is 3.61. The Morgan fingerprint density at radius 1 is 1.25 bits per heavy atom. The number of halogens is 2. The van der Waals surface area contributed by atoms with Gasteiger partial charge in [-0.05, 0) is 42.8 Å². The second-order valence-corrected chi connectivity index (χ2v) is 5.87. The van der Waals surface area contributed by atoms with Crippen LogP contribution in [0, 0.1) is 0 Å². The van der Waals surface area contributed by atoms with Gasteiger partial charge >= 0.3 is 0 Å². The first-order chi connectivity index (χ1) is 9.45. The molecule has 2 rings (SSSR count). The molecule has 1 amide bonds. The molecular formula is C15H14BrClN2O. The van der Waals surface area contributed by atoms with Crippen LogP contribution in [-0.2, 0) is 0 Å². The van der Waals surface area contributed by atoms with Crippen LogP contribution in [0.3, 0.4) is 0 Å². The van der Waals surface area contributed by atoms with E-state index in [1.165, 1.54) is 0 Å². The first kappa shape index (κ1) is 14.9. The van der Waals surface area contributed by atoms with Crippen molar-refractivity contribution in [3.05, 3.63) is 63.1 Å². The largest absolute Gasteiger partial charge is 0.399 e. The zero-order valence-electron chi connectivity index (χ0n) is 10.9. The van der Waals surface area contributed by atoms with Gasteiger partial charge in [0.15, 0.2) is 0 Å². The monoisotopic (exact) mass is 352 g/mol. The minimum atomic E-state index is -0.166. The van der Waals surface area contributed by atoms with Crippen molar-refractivity contribution in [1.82, 2.24) is 5.32 Å². The lowest BCUT2D eigenvalue weighted by molar-refractivity contribution is 0.0940. The van der Waals surface area contributed by atoms with E-state index in [0.717, 1.165) is 10.0 Å². The van der Waals surface area contributed by atoms with Crippen LogP contribution in [0.2, 0.25) is 5.02 Å². The molecule has 0 aromatic heterocycles. The average molecular weight is 354 g/mol. The molecule has 0 spiro atoms. The van der Waals surface area contributed by atoms with Gasteiger partial charge in [-0.2, -0.15) is 0 Å². The first-order valence-electron chi connectivity index (χ1n) is 6.08. The fourth-order valence-corrected chi connectivity index (χ4v) is 2.50. The van der Waals surface area contributed by atoms with Gasteiger partial charge in [-0.3, -0.25) is 4.79 Å². The maximum Gasteiger partial charge on any atom is 0.251 e. The first-order valence-corrected chi connectivity index (χ1v) is 7.25. The van der Waals surface area contributed by atoms with Crippen molar-refractivity contribution in [2.45, 2.75) is 13.0 Å². The van der Waals surface area contributed by atoms with Gasteiger partial charge in [0.1, 0.15) is 0 Å². The van der Waals surface area contributed by atoms with Crippen molar-refractivity contribution in [1.29, 1.82) is 0 Å². The van der Waals surface area contributed by atoms with Crippen molar-refractivity contribution >= 4 is 39.1 Å². The van der Waals surface area contributed by atoms with E-state index in [9.17, 15) is 4.79 Å². The highest BCUT2D eigenvalue weighted by Gasteiger charge is 2.12. The van der Waals surface area contributed by atoms with Crippen molar-refractivity contribution < 1.29 is 4.79 Å². The summed E-state index contributed by atoms with van der Waals surface area (Å²) >= 11 is 9.17. The van der Waals surface area contributed by atoms with Gasteiger partial charge in [-0.15, -0.1) is 0 Å². The second kappa shape index (κ2) is 6.29. The van der Waals surface area contributed by atoms with Crippen molar-refractivity contribution in [2.75, 3.05) is 5.73 Å². The molecule has 0 heterocycles. The highest BCUT2D eigenvalue weighted by molar-refractivity contribution is 9.10. The number of hydrogen-bond donors (Lipinski definition) is 2. The molecule has 104 valence electrons. The molecule has 0 aliphatic carbocycles. The van der Waals surface area contributed by atoms with Crippen LogP contribution in [0.4, 0.5) is 5.69 Å². The number of nitrogen functional groups attached to an aromatic ring is 1. The minimum Gasteiger partial charge on any atom is -0.399 e. The molecule has 0 saturated heterocycles. The van der Waals surface area contributed by atoms with Gasteiger partial charge < -0.3 is 11.1 Å². The standard InChI is InChI=1S/C15H14BrClN2O/c1-9(10-2-4-13(17)5-3-10)19-15(20)11-6-12(16)8-14(18)7-11/h2-9H,18H2,1H3,(H,19,20)/t9-/m0/s1. The second-order valence-electron chi connectivity index (χ2n) is 4.52. The Kier molecular flexibility index (Phi) is 4.68. The summed E-state index contributed by atoms with van der Waals surface area (Å²) < 4.78 is 0.779. The minimum absolute atomic E-state index is 0.111. The van der Waals surface area contributed by atoms with E-state index >= 15 is 0 Å². The Morgan fingerprint density at radius 3 is 2.50 bits per heavy atom. The van der Waals surface area contributed by atoms with Gasteiger partial charge in [0, 0.05) is 20.7 Å². The molecule has 0 aliphatic heterocycles. The Bertz CT molecular complexity index is 608. The van der Waals surface area contributed by atoms with Crippen LogP contribution in [0.5, 0.6) is 0 Å². The quantitative estimate of drug-likeness (QED) is 0.813. The van der Waals surface area contributed by atoms with Crippen LogP contribution in [0.1, 0.15) is 28.9 Å². The third-order valence-electron chi connectivity index (χ3n) is 2.90. The van der Waals surface area contributed by atoms with E-state index < -0.39 is 0 Å². The fraction of sp³-hybridized carbons (Fsp3) is 0.133. The molecule has 0 radical (unpaired) electrons. The molecule has 2 aromatic rings. The number of carbonyl (C=O) groups excluding carboxylic acids is 1. The molecule has 0 bridgehead atoms. The molecule has 0 saturated carbocycles. The van der Waals surface area contributed by atoms with Crippen LogP contribution in [0.25, 0.3) is 0 Å². The van der Waals surface area contributed by atoms with Gasteiger partial charge in [0.25, 0.3) is 5.91 Å². The Morgan fingerprint density at radius 2 is 1.90 bits per heavy atom. The topological polar surface area (TPSA) is 55.1 Å². The summed E-state index contributed by atoms with van der Waals surface area (Å²) in [6.07, 6.45) is 0. The van der Waals surface area contributed by atoms with Gasteiger partial charge in [-0.25, -0.2) is 0 Å². The normalized spacial score (nSPS) is 11.9. The summed E-state index contributed by atoms with van der Waals surface area (Å²) in [5.41, 5.74) is 7.79. The van der Waals surface area contributed by atoms with Gasteiger partial charge in [0.2, 0.25) is 0 Å². The number of rotatable bonds is 3. The molecule has 3 N–H and O–H groups in total. The predicted molar refractivity (Wildman–Crippen MR) is 85.9 cm³/mol. The molecule has 0 fully saturated rings. The van der Waals surface area contributed by atoms with Crippen LogP contribution in [-0.4, -0.2) is 5.91 Å². The van der Waals surface area contributed by atoms with Crippen molar-refractivity contribution in [3.8, 4) is 0 Å². The molecule has 20 heavy (non-hydrogen) atoms. The summed E-state index contributed by atoms with van der Waals surface area (Å²) in [6, 6.07) is 12.4. The number of anilines is 1. The molecule has 3 nitrogen and oxygen atoms in total. The van der Waals surface area contributed by atoms with Crippen LogP contribution in [0.15, 0.2) is 46.9 Å². The highest BCUT2D eigenvalue weighted by Crippen LogP contribution is 2.19. The lowest BCUT2D eigenvalue weighted by Crippen LogP contribution is -2.26. The van der Waals surface area contributed by atoms with Gasteiger partial charge in [0.05, 0.1) is 6.04 Å². The maximum absolute atomic E-state index is 12.2. The number of nitrogens with one attached hydrogen (secondary N) is 1. The SMILES string of the molecule is C[C@H](NC(=O)c1cc(N)cc(Br)c1)c1ccc(Cl)cc1. The molecule has 5 heteroatoms. The van der Waals surface area contributed by atoms with Crippen LogP contribution < -0.4 is 11.1 Å². The fourth-order valence-electron chi connectivity index (χ4n) is 1.86. The lowest BCUT2D eigenvalue weighted by atomic mass is 10.1. The summed E-state index contributed by atoms with van der Waals surface area (Å²) in [5, 5.41) is 3.60. The van der Waals surface area contributed by atoms with E-state index in [1.807, 2.05) is 19.1 Å². The van der Waals surface area contributed by atoms with Crippen LogP contribution >= 0.6 is 27.5 Å². The zero-order chi connectivity index (χ0) is 14.7. The average Bonchev–Trinajstić information content (AvgIpc) is 2.38. The third kappa shape index (κ3) is 3.74. The number of hydrogen-bond acceptors (Lipinski definition) is 2. The molecule has 0 unspecified atom stereocenters. The predicted octanol–water partition coefficient (Wildman–Crippen LogP) is 4.18. The van der Waals surface area contributed by atoms with E-state index in [4.69, 9.17) is 17.3 Å². The smallest absolute Gasteiger partial charge is 0.251 e.